The van der Waals surface area contributed by atoms with E-state index in [9.17, 15) is 4.79 Å². The number of carbonyl (C=O) groups excluding carboxylic acids is 1. The molecule has 9 nitrogen and oxygen atoms in total. The first-order chi connectivity index (χ1) is 11.7. The number of aryl methyl sites for hydroxylation is 1. The zero-order chi connectivity index (χ0) is 18.9. The zero-order valence-corrected chi connectivity index (χ0v) is 16.1. The summed E-state index contributed by atoms with van der Waals surface area (Å²) in [5.41, 5.74) is -0.481. The number of amides is 1. The van der Waals surface area contributed by atoms with Gasteiger partial charge in [-0.05, 0) is 41.0 Å². The van der Waals surface area contributed by atoms with Crippen molar-refractivity contribution in [3.8, 4) is 0 Å². The number of aliphatic imine (C=N–C) groups is 1. The second kappa shape index (κ2) is 9.85. The number of alkyl carbamates (subject to hydrolysis) is 1. The summed E-state index contributed by atoms with van der Waals surface area (Å²) in [6.07, 6.45) is 0.359. The van der Waals surface area contributed by atoms with E-state index in [2.05, 4.69) is 31.1 Å². The third-order valence-corrected chi connectivity index (χ3v) is 3.22. The summed E-state index contributed by atoms with van der Waals surface area (Å²) in [6.45, 7) is 11.9. The second-order valence-corrected chi connectivity index (χ2v) is 6.63. The molecule has 25 heavy (non-hydrogen) atoms. The van der Waals surface area contributed by atoms with Crippen LogP contribution < -0.4 is 16.0 Å². The average molecular weight is 353 g/mol. The van der Waals surface area contributed by atoms with Crippen LogP contribution in [0.1, 0.15) is 45.8 Å². The molecule has 1 amide bonds. The first kappa shape index (κ1) is 20.7. The Balaban J connectivity index is 2.34. The molecule has 9 heteroatoms. The van der Waals surface area contributed by atoms with Crippen LogP contribution >= 0.6 is 0 Å². The van der Waals surface area contributed by atoms with Crippen LogP contribution in [0.4, 0.5) is 4.79 Å². The highest BCUT2D eigenvalue weighted by Crippen LogP contribution is 2.06. The van der Waals surface area contributed by atoms with Gasteiger partial charge in [-0.1, -0.05) is 0 Å². The number of guanidine groups is 1. The minimum absolute atomic E-state index is 0.397. The van der Waals surface area contributed by atoms with Gasteiger partial charge in [0, 0.05) is 26.7 Å². The number of carbonyl (C=O) groups is 1. The Morgan fingerprint density at radius 3 is 2.44 bits per heavy atom. The van der Waals surface area contributed by atoms with E-state index in [4.69, 9.17) is 4.74 Å². The molecule has 0 bridgehead atoms. The molecular formula is C16H31N7O2. The molecule has 0 radical (unpaired) electrons. The molecule has 0 spiro atoms. The number of nitrogens with zero attached hydrogens (tertiary/aromatic N) is 4. The van der Waals surface area contributed by atoms with Gasteiger partial charge in [0.25, 0.3) is 0 Å². The molecule has 0 aliphatic carbocycles. The Hall–Kier alpha value is -2.32. The van der Waals surface area contributed by atoms with E-state index in [-0.39, 0.29) is 0 Å². The molecule has 1 aromatic heterocycles. The fraction of sp³-hybridized carbons (Fsp3) is 0.750. The first-order valence-electron chi connectivity index (χ1n) is 8.57. The van der Waals surface area contributed by atoms with Crippen LogP contribution in [0, 0.1) is 6.92 Å². The molecule has 1 aromatic rings. The first-order valence-corrected chi connectivity index (χ1v) is 8.57. The van der Waals surface area contributed by atoms with Gasteiger partial charge in [-0.2, -0.15) is 0 Å². The van der Waals surface area contributed by atoms with Gasteiger partial charge in [0.15, 0.2) is 11.8 Å². The van der Waals surface area contributed by atoms with E-state index in [1.807, 2.05) is 46.2 Å². The van der Waals surface area contributed by atoms with E-state index in [0.29, 0.717) is 25.6 Å². The summed E-state index contributed by atoms with van der Waals surface area (Å²) in [6, 6.07) is 0. The van der Waals surface area contributed by atoms with Crippen LogP contribution in [0.3, 0.4) is 0 Å². The zero-order valence-electron chi connectivity index (χ0n) is 16.1. The van der Waals surface area contributed by atoms with Crippen LogP contribution in [0.5, 0.6) is 0 Å². The lowest BCUT2D eigenvalue weighted by Crippen LogP contribution is -2.39. The lowest BCUT2D eigenvalue weighted by Gasteiger charge is -2.19. The van der Waals surface area contributed by atoms with Crippen molar-refractivity contribution in [2.45, 2.75) is 53.2 Å². The fourth-order valence-electron chi connectivity index (χ4n) is 1.88. The SMILES string of the molecule is CCNC(=NCc1nnc(C)n1C)NCCCNC(=O)OC(C)(C)C. The van der Waals surface area contributed by atoms with Gasteiger partial charge < -0.3 is 25.3 Å². The van der Waals surface area contributed by atoms with Gasteiger partial charge >= 0.3 is 6.09 Å². The summed E-state index contributed by atoms with van der Waals surface area (Å²) >= 11 is 0. The lowest BCUT2D eigenvalue weighted by molar-refractivity contribution is 0.0527. The summed E-state index contributed by atoms with van der Waals surface area (Å²) in [5.74, 6) is 2.37. The van der Waals surface area contributed by atoms with Gasteiger partial charge in [0.05, 0.1) is 0 Å². The Morgan fingerprint density at radius 1 is 1.20 bits per heavy atom. The van der Waals surface area contributed by atoms with E-state index in [0.717, 1.165) is 24.6 Å². The third kappa shape index (κ3) is 8.37. The topological polar surface area (TPSA) is 105 Å². The number of hydrogen-bond donors (Lipinski definition) is 3. The molecule has 3 N–H and O–H groups in total. The molecule has 0 aliphatic rings. The number of ether oxygens (including phenoxy) is 1. The lowest BCUT2D eigenvalue weighted by atomic mass is 10.2. The maximum atomic E-state index is 11.5. The average Bonchev–Trinajstić information content (AvgIpc) is 2.82. The predicted octanol–water partition coefficient (Wildman–Crippen LogP) is 1.09. The Kier molecular flexibility index (Phi) is 8.17. The highest BCUT2D eigenvalue weighted by atomic mass is 16.6. The monoisotopic (exact) mass is 353 g/mol. The fourth-order valence-corrected chi connectivity index (χ4v) is 1.88. The number of aromatic nitrogens is 3. The minimum atomic E-state index is -0.481. The van der Waals surface area contributed by atoms with Crippen molar-refractivity contribution >= 4 is 12.1 Å². The van der Waals surface area contributed by atoms with Crippen molar-refractivity contribution < 1.29 is 9.53 Å². The molecule has 0 atom stereocenters. The van der Waals surface area contributed by atoms with Crippen LogP contribution in [0.2, 0.25) is 0 Å². The van der Waals surface area contributed by atoms with Crippen LogP contribution in [0.15, 0.2) is 4.99 Å². The summed E-state index contributed by atoms with van der Waals surface area (Å²) < 4.78 is 7.10. The molecule has 0 saturated heterocycles. The molecular weight excluding hydrogens is 322 g/mol. The van der Waals surface area contributed by atoms with Gasteiger partial charge in [-0.25, -0.2) is 9.79 Å². The van der Waals surface area contributed by atoms with Crippen molar-refractivity contribution in [3.63, 3.8) is 0 Å². The molecule has 0 aromatic carbocycles. The Bertz CT molecular complexity index is 576. The molecule has 1 heterocycles. The normalized spacial score (nSPS) is 12.0. The predicted molar refractivity (Wildman–Crippen MR) is 97.4 cm³/mol. The highest BCUT2D eigenvalue weighted by Gasteiger charge is 2.15. The molecule has 0 fully saturated rings. The van der Waals surface area contributed by atoms with Gasteiger partial charge in [-0.3, -0.25) is 0 Å². The van der Waals surface area contributed by atoms with E-state index in [1.165, 1.54) is 0 Å². The molecule has 0 unspecified atom stereocenters. The highest BCUT2D eigenvalue weighted by molar-refractivity contribution is 5.79. The van der Waals surface area contributed by atoms with Gasteiger partial charge in [-0.15, -0.1) is 10.2 Å². The van der Waals surface area contributed by atoms with Crippen molar-refractivity contribution in [2.24, 2.45) is 12.0 Å². The van der Waals surface area contributed by atoms with E-state index >= 15 is 0 Å². The maximum absolute atomic E-state index is 11.5. The van der Waals surface area contributed by atoms with Crippen molar-refractivity contribution in [1.29, 1.82) is 0 Å². The standard InChI is InChI=1S/C16H31N7O2/c1-7-17-14(20-11-13-22-21-12(2)23(13)6)18-9-8-10-19-15(24)25-16(3,4)5/h7-11H2,1-6H3,(H,19,24)(H2,17,18,20). The Morgan fingerprint density at radius 2 is 1.88 bits per heavy atom. The third-order valence-electron chi connectivity index (χ3n) is 3.22. The number of rotatable bonds is 7. The molecule has 1 rings (SSSR count). The van der Waals surface area contributed by atoms with Crippen molar-refractivity contribution in [2.75, 3.05) is 19.6 Å². The minimum Gasteiger partial charge on any atom is -0.444 e. The van der Waals surface area contributed by atoms with Crippen LogP contribution in [-0.4, -0.2) is 52.1 Å². The second-order valence-electron chi connectivity index (χ2n) is 6.63. The molecule has 0 aliphatic heterocycles. The van der Waals surface area contributed by atoms with Crippen molar-refractivity contribution in [1.82, 2.24) is 30.7 Å². The van der Waals surface area contributed by atoms with Crippen LogP contribution in [-0.2, 0) is 18.3 Å². The van der Waals surface area contributed by atoms with Crippen molar-refractivity contribution in [3.05, 3.63) is 11.6 Å². The molecule has 0 saturated carbocycles. The largest absolute Gasteiger partial charge is 0.444 e. The Labute approximate surface area is 149 Å². The van der Waals surface area contributed by atoms with Gasteiger partial charge in [0.2, 0.25) is 0 Å². The molecule has 142 valence electrons. The number of nitrogens with one attached hydrogen (secondary N) is 3. The quantitative estimate of drug-likeness (QED) is 0.385. The number of hydrogen-bond acceptors (Lipinski definition) is 5. The summed E-state index contributed by atoms with van der Waals surface area (Å²) in [7, 11) is 1.92. The smallest absolute Gasteiger partial charge is 0.407 e. The van der Waals surface area contributed by atoms with E-state index in [1.54, 1.807) is 0 Å². The summed E-state index contributed by atoms with van der Waals surface area (Å²) in [4.78, 5) is 16.0. The van der Waals surface area contributed by atoms with E-state index < -0.39 is 11.7 Å². The van der Waals surface area contributed by atoms with Crippen LogP contribution in [0.25, 0.3) is 0 Å². The maximum Gasteiger partial charge on any atom is 0.407 e. The summed E-state index contributed by atoms with van der Waals surface area (Å²) in [5, 5.41) is 17.3. The van der Waals surface area contributed by atoms with Gasteiger partial charge in [0.1, 0.15) is 18.0 Å².